The Morgan fingerprint density at radius 1 is 1.13 bits per heavy atom. The van der Waals surface area contributed by atoms with Gasteiger partial charge in [-0.3, -0.25) is 19.5 Å². The Morgan fingerprint density at radius 3 is 2.64 bits per heavy atom. The summed E-state index contributed by atoms with van der Waals surface area (Å²) in [5.74, 6) is 0.0414. The number of anilines is 1. The molecule has 9 nitrogen and oxygen atoms in total. The fourth-order valence-corrected chi connectivity index (χ4v) is 4.77. The van der Waals surface area contributed by atoms with Gasteiger partial charge in [-0.05, 0) is 43.0 Å². The Bertz CT molecular complexity index is 1240. The summed E-state index contributed by atoms with van der Waals surface area (Å²) in [7, 11) is 3.46. The van der Waals surface area contributed by atoms with E-state index < -0.39 is 5.91 Å². The molecule has 2 aromatic carbocycles. The highest BCUT2D eigenvalue weighted by atomic mass is 16.5. The standard InChI is InChI=1S/C30H37N5O4/c1-21-18-35(15-12-23-8-6-5-7-9-23)22(2)20-39-27-11-10-24(33-29(36)26-17-31-13-14-32-26)16-25(27)30(37)34(3)19-28(21)38-4/h5-11,13-14,16-17,21-22,28H,12,15,18-20H2,1-4H3,(H,33,36)/t21-,22+,28+/m1/s1. The zero-order valence-electron chi connectivity index (χ0n) is 23.0. The van der Waals surface area contributed by atoms with Gasteiger partial charge < -0.3 is 19.7 Å². The monoisotopic (exact) mass is 531 g/mol. The Morgan fingerprint density at radius 2 is 1.92 bits per heavy atom. The first kappa shape index (κ1) is 28.2. The molecule has 0 fully saturated rings. The van der Waals surface area contributed by atoms with E-state index in [0.717, 1.165) is 19.5 Å². The molecule has 1 aliphatic rings. The zero-order chi connectivity index (χ0) is 27.8. The average molecular weight is 532 g/mol. The number of hydrogen-bond donors (Lipinski definition) is 1. The van der Waals surface area contributed by atoms with Crippen LogP contribution >= 0.6 is 0 Å². The third-order valence-electron chi connectivity index (χ3n) is 7.16. The van der Waals surface area contributed by atoms with E-state index in [-0.39, 0.29) is 29.7 Å². The number of carbonyl (C=O) groups is 2. The van der Waals surface area contributed by atoms with Gasteiger partial charge >= 0.3 is 0 Å². The molecule has 206 valence electrons. The van der Waals surface area contributed by atoms with Gasteiger partial charge in [0.1, 0.15) is 18.1 Å². The molecule has 0 spiro atoms. The predicted octanol–water partition coefficient (Wildman–Crippen LogP) is 3.78. The van der Waals surface area contributed by atoms with Crippen LogP contribution in [0.25, 0.3) is 0 Å². The number of likely N-dealkylation sites (N-methyl/N-ethyl adjacent to an activating group) is 1. The molecule has 39 heavy (non-hydrogen) atoms. The van der Waals surface area contributed by atoms with E-state index in [0.29, 0.717) is 30.2 Å². The summed E-state index contributed by atoms with van der Waals surface area (Å²) in [6.45, 7) is 6.84. The number of carbonyl (C=O) groups excluding carboxylic acids is 2. The Hall–Kier alpha value is -3.82. The number of nitrogens with zero attached hydrogens (tertiary/aromatic N) is 4. The topological polar surface area (TPSA) is 96.9 Å². The van der Waals surface area contributed by atoms with Gasteiger partial charge in [0, 0.05) is 57.9 Å². The van der Waals surface area contributed by atoms with Gasteiger partial charge in [-0.25, -0.2) is 4.98 Å². The maximum atomic E-state index is 13.6. The van der Waals surface area contributed by atoms with Gasteiger partial charge in [-0.2, -0.15) is 0 Å². The minimum absolute atomic E-state index is 0.102. The molecule has 2 amide bonds. The lowest BCUT2D eigenvalue weighted by Gasteiger charge is -2.36. The summed E-state index contributed by atoms with van der Waals surface area (Å²) in [5, 5.41) is 2.80. The number of methoxy groups -OCH3 is 1. The predicted molar refractivity (Wildman–Crippen MR) is 150 cm³/mol. The lowest BCUT2D eigenvalue weighted by Crippen LogP contribution is -2.47. The van der Waals surface area contributed by atoms with Crippen molar-refractivity contribution >= 4 is 17.5 Å². The zero-order valence-corrected chi connectivity index (χ0v) is 23.0. The quantitative estimate of drug-likeness (QED) is 0.517. The lowest BCUT2D eigenvalue weighted by atomic mass is 10.0. The second kappa shape index (κ2) is 13.3. The number of fused-ring (bicyclic) bond motifs is 1. The molecule has 3 atom stereocenters. The maximum absolute atomic E-state index is 13.6. The summed E-state index contributed by atoms with van der Waals surface area (Å²) >= 11 is 0. The number of rotatable bonds is 6. The van der Waals surface area contributed by atoms with Crippen LogP contribution in [0, 0.1) is 5.92 Å². The van der Waals surface area contributed by atoms with Crippen LogP contribution in [0.15, 0.2) is 67.1 Å². The van der Waals surface area contributed by atoms with E-state index in [4.69, 9.17) is 9.47 Å². The molecule has 4 rings (SSSR count). The number of amides is 2. The van der Waals surface area contributed by atoms with Crippen molar-refractivity contribution in [2.75, 3.05) is 45.7 Å². The van der Waals surface area contributed by atoms with E-state index in [2.05, 4.69) is 58.3 Å². The van der Waals surface area contributed by atoms with Crippen molar-refractivity contribution in [3.05, 3.63) is 83.9 Å². The molecule has 0 bridgehead atoms. The second-order valence-electron chi connectivity index (χ2n) is 10.1. The van der Waals surface area contributed by atoms with Gasteiger partial charge in [0.2, 0.25) is 0 Å². The first-order valence-electron chi connectivity index (χ1n) is 13.3. The summed E-state index contributed by atoms with van der Waals surface area (Å²) in [6, 6.07) is 15.7. The van der Waals surface area contributed by atoms with Crippen LogP contribution in [0.3, 0.4) is 0 Å². The first-order valence-corrected chi connectivity index (χ1v) is 13.3. The van der Waals surface area contributed by atoms with Crippen LogP contribution in [0.4, 0.5) is 5.69 Å². The van der Waals surface area contributed by atoms with Crippen molar-refractivity contribution in [1.29, 1.82) is 0 Å². The van der Waals surface area contributed by atoms with Gasteiger partial charge in [-0.1, -0.05) is 37.3 Å². The molecule has 1 aliphatic heterocycles. The van der Waals surface area contributed by atoms with Gasteiger partial charge in [0.25, 0.3) is 11.8 Å². The van der Waals surface area contributed by atoms with Crippen molar-refractivity contribution in [3.8, 4) is 5.75 Å². The van der Waals surface area contributed by atoms with Crippen LogP contribution in [0.5, 0.6) is 5.75 Å². The molecule has 0 saturated carbocycles. The number of hydrogen-bond acceptors (Lipinski definition) is 7. The Kier molecular flexibility index (Phi) is 9.62. The van der Waals surface area contributed by atoms with E-state index in [1.807, 2.05) is 6.07 Å². The van der Waals surface area contributed by atoms with Crippen LogP contribution in [0.2, 0.25) is 0 Å². The highest BCUT2D eigenvalue weighted by Gasteiger charge is 2.28. The smallest absolute Gasteiger partial charge is 0.275 e. The van der Waals surface area contributed by atoms with E-state index in [1.165, 1.54) is 24.2 Å². The minimum atomic E-state index is -0.408. The highest BCUT2D eigenvalue weighted by molar-refractivity contribution is 6.04. The van der Waals surface area contributed by atoms with Crippen molar-refractivity contribution < 1.29 is 19.1 Å². The summed E-state index contributed by atoms with van der Waals surface area (Å²) in [4.78, 5) is 38.3. The molecule has 0 radical (unpaired) electrons. The molecule has 0 saturated heterocycles. The summed E-state index contributed by atoms with van der Waals surface area (Å²) < 4.78 is 12.1. The maximum Gasteiger partial charge on any atom is 0.275 e. The molecule has 1 aromatic heterocycles. The average Bonchev–Trinajstić information content (AvgIpc) is 2.96. The lowest BCUT2D eigenvalue weighted by molar-refractivity contribution is 0.0109. The van der Waals surface area contributed by atoms with E-state index >= 15 is 0 Å². The number of ether oxygens (including phenoxy) is 2. The fourth-order valence-electron chi connectivity index (χ4n) is 4.77. The molecular formula is C30H37N5O4. The normalized spacial score (nSPS) is 20.8. The van der Waals surface area contributed by atoms with Crippen LogP contribution in [-0.2, 0) is 11.2 Å². The summed E-state index contributed by atoms with van der Waals surface area (Å²) in [5.41, 5.74) is 2.32. The largest absolute Gasteiger partial charge is 0.491 e. The molecule has 3 aromatic rings. The second-order valence-corrected chi connectivity index (χ2v) is 10.1. The van der Waals surface area contributed by atoms with Crippen LogP contribution in [0.1, 0.15) is 40.3 Å². The summed E-state index contributed by atoms with van der Waals surface area (Å²) in [6.07, 6.45) is 5.13. The SMILES string of the molecule is CO[C@H]1CN(C)C(=O)c2cc(NC(=O)c3cnccn3)ccc2OC[C@H](C)N(CCc2ccccc2)C[C@H]1C. The van der Waals surface area contributed by atoms with Crippen LogP contribution in [-0.4, -0.2) is 84.1 Å². The van der Waals surface area contributed by atoms with E-state index in [1.54, 1.807) is 37.3 Å². The minimum Gasteiger partial charge on any atom is -0.491 e. The van der Waals surface area contributed by atoms with Gasteiger partial charge in [-0.15, -0.1) is 0 Å². The van der Waals surface area contributed by atoms with Crippen molar-refractivity contribution in [1.82, 2.24) is 19.8 Å². The molecule has 0 aliphatic carbocycles. The van der Waals surface area contributed by atoms with Crippen molar-refractivity contribution in [2.24, 2.45) is 5.92 Å². The van der Waals surface area contributed by atoms with Crippen molar-refractivity contribution in [2.45, 2.75) is 32.4 Å². The molecule has 9 heteroatoms. The fraction of sp³-hybridized carbons (Fsp3) is 0.400. The first-order chi connectivity index (χ1) is 18.9. The third-order valence-corrected chi connectivity index (χ3v) is 7.16. The van der Waals surface area contributed by atoms with Crippen molar-refractivity contribution in [3.63, 3.8) is 0 Å². The van der Waals surface area contributed by atoms with E-state index in [9.17, 15) is 9.59 Å². The third kappa shape index (κ3) is 7.40. The number of benzene rings is 2. The molecule has 2 heterocycles. The number of aromatic nitrogens is 2. The Labute approximate surface area is 230 Å². The number of nitrogens with one attached hydrogen (secondary N) is 1. The van der Waals surface area contributed by atoms with Gasteiger partial charge in [0.05, 0.1) is 17.9 Å². The Balaban J connectivity index is 1.58. The molecule has 1 N–H and O–H groups in total. The molecular weight excluding hydrogens is 494 g/mol. The highest BCUT2D eigenvalue weighted by Crippen LogP contribution is 2.27. The molecule has 0 unspecified atom stereocenters. The van der Waals surface area contributed by atoms with Gasteiger partial charge in [0.15, 0.2) is 0 Å². The van der Waals surface area contributed by atoms with Crippen LogP contribution < -0.4 is 10.1 Å².